The number of hydrogen-bond donors (Lipinski definition) is 0. The number of amides is 2. The lowest BCUT2D eigenvalue weighted by molar-refractivity contribution is -0.137. The number of benzene rings is 2. The van der Waals surface area contributed by atoms with Gasteiger partial charge >= 0.3 is 6.18 Å². The molecule has 1 fully saturated rings. The highest BCUT2D eigenvalue weighted by molar-refractivity contribution is 5.95. The van der Waals surface area contributed by atoms with E-state index in [1.165, 1.54) is 6.07 Å². The van der Waals surface area contributed by atoms with Crippen molar-refractivity contribution < 1.29 is 22.8 Å². The van der Waals surface area contributed by atoms with Gasteiger partial charge in [-0.15, -0.1) is 0 Å². The minimum Gasteiger partial charge on any atom is -0.346 e. The summed E-state index contributed by atoms with van der Waals surface area (Å²) >= 11 is 0. The Morgan fingerprint density at radius 1 is 1.07 bits per heavy atom. The fourth-order valence-electron chi connectivity index (χ4n) is 3.71. The molecule has 2 amide bonds. The van der Waals surface area contributed by atoms with E-state index in [9.17, 15) is 22.8 Å². The molecule has 3 rings (SSSR count). The number of hydrogen-bond acceptors (Lipinski definition) is 2. The first-order valence-electron chi connectivity index (χ1n) is 9.48. The molecule has 0 radical (unpaired) electrons. The van der Waals surface area contributed by atoms with E-state index in [0.717, 1.165) is 12.1 Å². The standard InChI is InChI=1S/C22H23F3N2O2/c1-3-26(2)21(29)19-14-27(20(28)15-8-5-4-6-9-15)13-18(19)16-10-7-11-17(12-16)22(23,24)25/h4-12,18-19H,3,13-14H2,1-2H3/t18-,19+/m1/s1. The Balaban J connectivity index is 1.94. The smallest absolute Gasteiger partial charge is 0.346 e. The summed E-state index contributed by atoms with van der Waals surface area (Å²) in [7, 11) is 1.66. The van der Waals surface area contributed by atoms with Crippen LogP contribution in [0.1, 0.15) is 34.3 Å². The predicted molar refractivity (Wildman–Crippen MR) is 103 cm³/mol. The minimum atomic E-state index is -4.46. The highest BCUT2D eigenvalue weighted by atomic mass is 19.4. The Morgan fingerprint density at radius 2 is 1.76 bits per heavy atom. The van der Waals surface area contributed by atoms with E-state index in [0.29, 0.717) is 17.7 Å². The highest BCUT2D eigenvalue weighted by Gasteiger charge is 2.42. The van der Waals surface area contributed by atoms with Crippen LogP contribution in [0, 0.1) is 5.92 Å². The normalized spacial score (nSPS) is 19.3. The second-order valence-electron chi connectivity index (χ2n) is 7.26. The Morgan fingerprint density at radius 3 is 2.38 bits per heavy atom. The average Bonchev–Trinajstić information content (AvgIpc) is 3.17. The highest BCUT2D eigenvalue weighted by Crippen LogP contribution is 2.37. The van der Waals surface area contributed by atoms with E-state index in [-0.39, 0.29) is 24.9 Å². The van der Waals surface area contributed by atoms with Crippen LogP contribution in [0.15, 0.2) is 54.6 Å². The molecule has 0 bridgehead atoms. The maximum Gasteiger partial charge on any atom is 0.416 e. The summed E-state index contributed by atoms with van der Waals surface area (Å²) in [6.07, 6.45) is -4.46. The fourth-order valence-corrected chi connectivity index (χ4v) is 3.71. The Kier molecular flexibility index (Phi) is 5.96. The van der Waals surface area contributed by atoms with Gasteiger partial charge in [0.1, 0.15) is 0 Å². The third-order valence-electron chi connectivity index (χ3n) is 5.44. The number of alkyl halides is 3. The van der Waals surface area contributed by atoms with Crippen molar-refractivity contribution in [1.82, 2.24) is 9.80 Å². The van der Waals surface area contributed by atoms with Crippen molar-refractivity contribution in [2.24, 2.45) is 5.92 Å². The SMILES string of the molecule is CCN(C)C(=O)[C@H]1CN(C(=O)c2ccccc2)C[C@@H]1c1cccc(C(F)(F)F)c1. The molecule has 29 heavy (non-hydrogen) atoms. The number of carbonyl (C=O) groups excluding carboxylic acids is 2. The third-order valence-corrected chi connectivity index (χ3v) is 5.44. The summed E-state index contributed by atoms with van der Waals surface area (Å²) in [5.41, 5.74) is 0.163. The van der Waals surface area contributed by atoms with Crippen LogP contribution in [0.5, 0.6) is 0 Å². The molecule has 1 aliphatic rings. The maximum absolute atomic E-state index is 13.2. The molecule has 0 unspecified atom stereocenters. The van der Waals surface area contributed by atoms with Crippen molar-refractivity contribution in [3.05, 3.63) is 71.3 Å². The van der Waals surface area contributed by atoms with Crippen molar-refractivity contribution in [2.75, 3.05) is 26.7 Å². The van der Waals surface area contributed by atoms with Gasteiger partial charge in [-0.3, -0.25) is 9.59 Å². The van der Waals surface area contributed by atoms with E-state index in [4.69, 9.17) is 0 Å². The minimum absolute atomic E-state index is 0.168. The summed E-state index contributed by atoms with van der Waals surface area (Å²) in [6.45, 7) is 2.69. The molecule has 0 spiro atoms. The van der Waals surface area contributed by atoms with Gasteiger partial charge in [0.15, 0.2) is 0 Å². The first-order valence-corrected chi connectivity index (χ1v) is 9.48. The molecule has 2 aromatic rings. The first-order chi connectivity index (χ1) is 13.7. The zero-order valence-electron chi connectivity index (χ0n) is 16.3. The Labute approximate surface area is 167 Å². The Bertz CT molecular complexity index is 883. The zero-order chi connectivity index (χ0) is 21.2. The van der Waals surface area contributed by atoms with E-state index in [1.807, 2.05) is 6.92 Å². The lowest BCUT2D eigenvalue weighted by Gasteiger charge is -2.23. The Hall–Kier alpha value is -2.83. The first kappa shape index (κ1) is 20.9. The molecule has 1 saturated heterocycles. The van der Waals surface area contributed by atoms with Gasteiger partial charge in [0, 0.05) is 38.2 Å². The molecular weight excluding hydrogens is 381 g/mol. The van der Waals surface area contributed by atoms with Gasteiger partial charge in [-0.05, 0) is 30.7 Å². The molecule has 4 nitrogen and oxygen atoms in total. The lowest BCUT2D eigenvalue weighted by Crippen LogP contribution is -2.36. The summed E-state index contributed by atoms with van der Waals surface area (Å²) in [6, 6.07) is 13.7. The van der Waals surface area contributed by atoms with E-state index in [2.05, 4.69) is 0 Å². The largest absolute Gasteiger partial charge is 0.416 e. The van der Waals surface area contributed by atoms with Gasteiger partial charge in [-0.25, -0.2) is 0 Å². The third kappa shape index (κ3) is 4.44. The van der Waals surface area contributed by atoms with Gasteiger partial charge in [0.25, 0.3) is 5.91 Å². The van der Waals surface area contributed by atoms with E-state index >= 15 is 0 Å². The fraction of sp³-hybridized carbons (Fsp3) is 0.364. The molecule has 2 atom stereocenters. The molecule has 0 saturated carbocycles. The molecule has 7 heteroatoms. The van der Waals surface area contributed by atoms with Crippen LogP contribution in [0.3, 0.4) is 0 Å². The van der Waals surface area contributed by atoms with Crippen molar-refractivity contribution >= 4 is 11.8 Å². The maximum atomic E-state index is 13.2. The molecule has 0 N–H and O–H groups in total. The van der Waals surface area contributed by atoms with Crippen molar-refractivity contribution in [1.29, 1.82) is 0 Å². The van der Waals surface area contributed by atoms with Crippen LogP contribution in [-0.2, 0) is 11.0 Å². The monoisotopic (exact) mass is 404 g/mol. The molecule has 1 heterocycles. The molecule has 2 aromatic carbocycles. The van der Waals surface area contributed by atoms with E-state index < -0.39 is 23.6 Å². The second kappa shape index (κ2) is 8.27. The van der Waals surface area contributed by atoms with Crippen LogP contribution in [-0.4, -0.2) is 48.3 Å². The van der Waals surface area contributed by atoms with Crippen molar-refractivity contribution in [3.8, 4) is 0 Å². The predicted octanol–water partition coefficient (Wildman–Crippen LogP) is 4.04. The molecule has 154 valence electrons. The van der Waals surface area contributed by atoms with Crippen LogP contribution < -0.4 is 0 Å². The van der Waals surface area contributed by atoms with Crippen molar-refractivity contribution in [2.45, 2.75) is 19.0 Å². The molecular formula is C22H23F3N2O2. The summed E-state index contributed by atoms with van der Waals surface area (Å²) < 4.78 is 39.5. The van der Waals surface area contributed by atoms with Gasteiger partial charge in [-0.1, -0.05) is 36.4 Å². The number of rotatable bonds is 4. The molecule has 0 aromatic heterocycles. The molecule has 1 aliphatic heterocycles. The summed E-state index contributed by atoms with van der Waals surface area (Å²) in [4.78, 5) is 28.9. The number of nitrogens with zero attached hydrogens (tertiary/aromatic N) is 2. The van der Waals surface area contributed by atoms with Gasteiger partial charge in [0.05, 0.1) is 11.5 Å². The topological polar surface area (TPSA) is 40.6 Å². The van der Waals surface area contributed by atoms with Crippen LogP contribution in [0.4, 0.5) is 13.2 Å². The van der Waals surface area contributed by atoms with Crippen LogP contribution in [0.25, 0.3) is 0 Å². The van der Waals surface area contributed by atoms with Gasteiger partial charge in [0.2, 0.25) is 5.91 Å². The average molecular weight is 404 g/mol. The molecule has 0 aliphatic carbocycles. The summed E-state index contributed by atoms with van der Waals surface area (Å²) in [5.74, 6) is -1.47. The van der Waals surface area contributed by atoms with Crippen LogP contribution in [0.2, 0.25) is 0 Å². The zero-order valence-corrected chi connectivity index (χ0v) is 16.3. The summed E-state index contributed by atoms with van der Waals surface area (Å²) in [5, 5.41) is 0. The van der Waals surface area contributed by atoms with Crippen LogP contribution >= 0.6 is 0 Å². The number of carbonyl (C=O) groups is 2. The number of likely N-dealkylation sites (tertiary alicyclic amines) is 1. The van der Waals surface area contributed by atoms with Crippen molar-refractivity contribution in [3.63, 3.8) is 0 Å². The van der Waals surface area contributed by atoms with Gasteiger partial charge < -0.3 is 9.80 Å². The second-order valence-corrected chi connectivity index (χ2v) is 7.26. The van der Waals surface area contributed by atoms with E-state index in [1.54, 1.807) is 53.2 Å². The number of halogens is 3. The quantitative estimate of drug-likeness (QED) is 0.772. The van der Waals surface area contributed by atoms with Gasteiger partial charge in [-0.2, -0.15) is 13.2 Å². The lowest BCUT2D eigenvalue weighted by atomic mass is 9.87.